The molecule has 1 rings (SSSR count). The Hall–Kier alpha value is -0.950. The average molecular weight is 257 g/mol. The summed E-state index contributed by atoms with van der Waals surface area (Å²) in [6, 6.07) is 0. The second-order valence-corrected chi connectivity index (χ2v) is 5.29. The van der Waals surface area contributed by atoms with Crippen LogP contribution in [0.1, 0.15) is 17.7 Å². The highest BCUT2D eigenvalue weighted by Gasteiger charge is 2.26. The van der Waals surface area contributed by atoms with Crippen molar-refractivity contribution in [2.75, 3.05) is 5.73 Å². The van der Waals surface area contributed by atoms with Crippen molar-refractivity contribution in [2.45, 2.75) is 18.2 Å². The summed E-state index contributed by atoms with van der Waals surface area (Å²) in [6.07, 6.45) is -2.05. The molecule has 0 bridgehead atoms. The van der Waals surface area contributed by atoms with Crippen LogP contribution in [0.25, 0.3) is 0 Å². The van der Waals surface area contributed by atoms with E-state index in [9.17, 15) is 17.2 Å². The normalized spacial score (nSPS) is 12.1. The third-order valence-corrected chi connectivity index (χ3v) is 3.27. The summed E-state index contributed by atoms with van der Waals surface area (Å²) in [7, 11) is 0.746. The number of rotatable bonds is 2. The van der Waals surface area contributed by atoms with Gasteiger partial charge in [0.15, 0.2) is 0 Å². The molecule has 0 aromatic carbocycles. The first kappa shape index (κ1) is 12.1. The fraction of sp³-hybridized carbons (Fsp3) is 0.286. The number of nitrogens with two attached hydrogens (primary N) is 1. The number of hydrogen-bond donors (Lipinski definition) is 1. The van der Waals surface area contributed by atoms with Crippen molar-refractivity contribution in [1.29, 1.82) is 0 Å². The number of alkyl halides is 2. The third-order valence-electron chi connectivity index (χ3n) is 1.80. The van der Waals surface area contributed by atoms with E-state index in [1.807, 2.05) is 0 Å². The maximum absolute atomic E-state index is 12.4. The Balaban J connectivity index is 3.65. The molecule has 0 amide bonds. The van der Waals surface area contributed by atoms with E-state index in [1.54, 1.807) is 0 Å². The fourth-order valence-corrected chi connectivity index (χ4v) is 2.54. The molecule has 8 heteroatoms. The van der Waals surface area contributed by atoms with E-state index in [2.05, 4.69) is 4.98 Å². The van der Waals surface area contributed by atoms with Crippen molar-refractivity contribution in [2.24, 2.45) is 0 Å². The smallest absolute Gasteiger partial charge is 0.281 e. The summed E-state index contributed by atoms with van der Waals surface area (Å²) in [5, 5.41) is 0. The van der Waals surface area contributed by atoms with Gasteiger partial charge in [0.2, 0.25) is 0 Å². The Morgan fingerprint density at radius 1 is 1.53 bits per heavy atom. The Kier molecular flexibility index (Phi) is 3.15. The standard InChI is InChI=1S/C7H7ClF2N2O2S/c1-3-4(11)2-12-5(7(9)10)6(3)15(8,13)14/h2,7H,11H2,1H3. The Bertz CT molecular complexity index is 490. The monoisotopic (exact) mass is 256 g/mol. The zero-order chi connectivity index (χ0) is 11.8. The van der Waals surface area contributed by atoms with E-state index in [-0.39, 0.29) is 11.3 Å². The predicted molar refractivity (Wildman–Crippen MR) is 51.4 cm³/mol. The van der Waals surface area contributed by atoms with Crippen LogP contribution in [0.3, 0.4) is 0 Å². The number of aromatic nitrogens is 1. The Morgan fingerprint density at radius 2 is 2.07 bits per heavy atom. The van der Waals surface area contributed by atoms with Gasteiger partial charge < -0.3 is 5.73 Å². The second-order valence-electron chi connectivity index (χ2n) is 2.79. The van der Waals surface area contributed by atoms with Crippen LogP contribution in [0, 0.1) is 6.92 Å². The molecule has 0 aliphatic rings. The van der Waals surface area contributed by atoms with E-state index in [4.69, 9.17) is 16.4 Å². The Morgan fingerprint density at radius 3 is 2.47 bits per heavy atom. The number of pyridine rings is 1. The molecule has 0 atom stereocenters. The lowest BCUT2D eigenvalue weighted by Crippen LogP contribution is -2.07. The van der Waals surface area contributed by atoms with Crippen LogP contribution in [0.5, 0.6) is 0 Å². The minimum absolute atomic E-state index is 0.00127. The molecule has 1 aromatic heterocycles. The number of nitrogens with zero attached hydrogens (tertiary/aromatic N) is 1. The molecule has 84 valence electrons. The first-order valence-electron chi connectivity index (χ1n) is 3.73. The lowest BCUT2D eigenvalue weighted by Gasteiger charge is -2.09. The van der Waals surface area contributed by atoms with Crippen molar-refractivity contribution in [1.82, 2.24) is 4.98 Å². The zero-order valence-corrected chi connectivity index (χ0v) is 9.11. The van der Waals surface area contributed by atoms with Gasteiger partial charge in [-0.05, 0) is 12.5 Å². The molecule has 4 nitrogen and oxygen atoms in total. The molecule has 0 aliphatic heterocycles. The van der Waals surface area contributed by atoms with Crippen molar-refractivity contribution in [3.8, 4) is 0 Å². The van der Waals surface area contributed by atoms with Crippen LogP contribution in [0.15, 0.2) is 11.1 Å². The van der Waals surface area contributed by atoms with Gasteiger partial charge in [0.05, 0.1) is 11.9 Å². The second kappa shape index (κ2) is 3.90. The zero-order valence-electron chi connectivity index (χ0n) is 7.54. The van der Waals surface area contributed by atoms with E-state index in [1.165, 1.54) is 6.92 Å². The molecule has 0 aliphatic carbocycles. The largest absolute Gasteiger partial charge is 0.397 e. The molecular weight excluding hydrogens is 250 g/mol. The van der Waals surface area contributed by atoms with Crippen LogP contribution in [-0.2, 0) is 9.05 Å². The van der Waals surface area contributed by atoms with Crippen molar-refractivity contribution in [3.05, 3.63) is 17.5 Å². The molecule has 0 radical (unpaired) electrons. The van der Waals surface area contributed by atoms with Crippen molar-refractivity contribution in [3.63, 3.8) is 0 Å². The summed E-state index contributed by atoms with van der Waals surface area (Å²) in [6.45, 7) is 1.29. The van der Waals surface area contributed by atoms with Gasteiger partial charge in [-0.1, -0.05) is 0 Å². The lowest BCUT2D eigenvalue weighted by atomic mass is 10.2. The van der Waals surface area contributed by atoms with Gasteiger partial charge in [-0.2, -0.15) is 0 Å². The maximum Gasteiger partial charge on any atom is 0.281 e. The molecule has 1 heterocycles. The molecule has 2 N–H and O–H groups in total. The maximum atomic E-state index is 12.4. The van der Waals surface area contributed by atoms with Gasteiger partial charge in [-0.15, -0.1) is 0 Å². The summed E-state index contributed by atoms with van der Waals surface area (Å²) in [5.74, 6) is 0. The van der Waals surface area contributed by atoms with E-state index < -0.39 is 26.1 Å². The SMILES string of the molecule is Cc1c(N)cnc(C(F)F)c1S(=O)(=O)Cl. The van der Waals surface area contributed by atoms with E-state index in [0.29, 0.717) is 0 Å². The summed E-state index contributed by atoms with van der Waals surface area (Å²) in [4.78, 5) is 2.56. The van der Waals surface area contributed by atoms with Gasteiger partial charge in [-0.3, -0.25) is 4.98 Å². The number of halogens is 3. The number of nitrogen functional groups attached to an aromatic ring is 1. The van der Waals surface area contributed by atoms with Crippen molar-refractivity contribution < 1.29 is 17.2 Å². The van der Waals surface area contributed by atoms with Crippen LogP contribution in [0.2, 0.25) is 0 Å². The van der Waals surface area contributed by atoms with Crippen LogP contribution in [0.4, 0.5) is 14.5 Å². The molecule has 0 saturated heterocycles. The molecule has 0 unspecified atom stereocenters. The first-order chi connectivity index (χ1) is 6.75. The Labute approximate surface area is 89.5 Å². The fourth-order valence-electron chi connectivity index (χ4n) is 1.08. The highest BCUT2D eigenvalue weighted by Crippen LogP contribution is 2.31. The minimum Gasteiger partial charge on any atom is -0.397 e. The topological polar surface area (TPSA) is 73.0 Å². The summed E-state index contributed by atoms with van der Waals surface area (Å²) < 4.78 is 47.0. The van der Waals surface area contributed by atoms with Gasteiger partial charge in [0, 0.05) is 10.7 Å². The van der Waals surface area contributed by atoms with Gasteiger partial charge in [0.25, 0.3) is 15.5 Å². The molecular formula is C7H7ClF2N2O2S. The number of anilines is 1. The molecule has 0 fully saturated rings. The molecule has 1 aromatic rings. The first-order valence-corrected chi connectivity index (χ1v) is 6.04. The van der Waals surface area contributed by atoms with E-state index >= 15 is 0 Å². The minimum atomic E-state index is -4.28. The van der Waals surface area contributed by atoms with Gasteiger partial charge >= 0.3 is 0 Å². The van der Waals surface area contributed by atoms with Crippen LogP contribution < -0.4 is 5.73 Å². The molecule has 15 heavy (non-hydrogen) atoms. The summed E-state index contributed by atoms with van der Waals surface area (Å²) in [5.41, 5.74) is 4.46. The van der Waals surface area contributed by atoms with Crippen molar-refractivity contribution >= 4 is 25.4 Å². The van der Waals surface area contributed by atoms with Gasteiger partial charge in [0.1, 0.15) is 10.6 Å². The summed E-state index contributed by atoms with van der Waals surface area (Å²) >= 11 is 0. The highest BCUT2D eigenvalue weighted by atomic mass is 35.7. The van der Waals surface area contributed by atoms with Gasteiger partial charge in [-0.25, -0.2) is 17.2 Å². The van der Waals surface area contributed by atoms with E-state index in [0.717, 1.165) is 6.20 Å². The van der Waals surface area contributed by atoms with Crippen LogP contribution >= 0.6 is 10.7 Å². The average Bonchev–Trinajstić information content (AvgIpc) is 2.06. The molecule has 0 spiro atoms. The third kappa shape index (κ3) is 2.35. The highest BCUT2D eigenvalue weighted by molar-refractivity contribution is 8.13. The lowest BCUT2D eigenvalue weighted by molar-refractivity contribution is 0.142. The predicted octanol–water partition coefficient (Wildman–Crippen LogP) is 1.84. The van der Waals surface area contributed by atoms with Crippen LogP contribution in [-0.4, -0.2) is 13.4 Å². The molecule has 0 saturated carbocycles. The quantitative estimate of drug-likeness (QED) is 0.820. The number of hydrogen-bond acceptors (Lipinski definition) is 4.